The Balaban J connectivity index is 1.11. The number of phosphoric ester groups is 3. The van der Waals surface area contributed by atoms with Crippen LogP contribution in [0.15, 0.2) is 37.0 Å². The summed E-state index contributed by atoms with van der Waals surface area (Å²) in [6.45, 7) is 2.52. The van der Waals surface area contributed by atoms with Gasteiger partial charge in [-0.25, -0.2) is 28.6 Å². The van der Waals surface area contributed by atoms with E-state index in [1.54, 1.807) is 0 Å². The molecule has 0 bridgehead atoms. The number of amides is 2. The van der Waals surface area contributed by atoms with Gasteiger partial charge in [0.2, 0.25) is 16.9 Å². The van der Waals surface area contributed by atoms with Gasteiger partial charge < -0.3 is 50.9 Å². The number of thioether (sulfide) groups is 1. The van der Waals surface area contributed by atoms with Gasteiger partial charge in [-0.15, -0.1) is 0 Å². The number of nitrogens with one attached hydrogen (secondary N) is 2. The van der Waals surface area contributed by atoms with Crippen LogP contribution in [0.25, 0.3) is 11.2 Å². The number of fused-ring (bicyclic) bond motifs is 1. The van der Waals surface area contributed by atoms with E-state index in [9.17, 15) is 62.7 Å². The summed E-state index contributed by atoms with van der Waals surface area (Å²) in [6.07, 6.45) is 8.88. The number of phosphoric acid groups is 3. The van der Waals surface area contributed by atoms with Gasteiger partial charge in [0, 0.05) is 43.0 Å². The number of nitrogens with zero attached hydrogens (tertiary/aromatic N) is 4. The molecule has 68 heavy (non-hydrogen) atoms. The van der Waals surface area contributed by atoms with Gasteiger partial charge in [-0.2, -0.15) is 4.31 Å². The van der Waals surface area contributed by atoms with Crippen molar-refractivity contribution in [1.29, 1.82) is 0 Å². The topological polar surface area (TPSA) is 381 Å². The number of unbranched alkanes of at least 4 members (excludes halogenated alkanes) is 3. The molecule has 25 nitrogen and oxygen atoms in total. The van der Waals surface area contributed by atoms with E-state index in [-0.39, 0.29) is 47.5 Å². The summed E-state index contributed by atoms with van der Waals surface area (Å²) in [4.78, 5) is 101. The zero-order valence-electron chi connectivity index (χ0n) is 37.8. The van der Waals surface area contributed by atoms with Crippen molar-refractivity contribution in [2.24, 2.45) is 17.3 Å². The minimum atomic E-state index is -5.59. The maximum Gasteiger partial charge on any atom is 0.481 e. The van der Waals surface area contributed by atoms with E-state index in [0.29, 0.717) is 23.9 Å². The highest BCUT2D eigenvalue weighted by Gasteiger charge is 2.50. The average Bonchev–Trinajstić information content (AvgIpc) is 3.94. The van der Waals surface area contributed by atoms with Gasteiger partial charge in [0.15, 0.2) is 17.7 Å². The number of allylic oxidation sites excluding steroid dienone is 3. The highest BCUT2D eigenvalue weighted by molar-refractivity contribution is 8.14. The van der Waals surface area contributed by atoms with E-state index in [1.165, 1.54) is 19.9 Å². The van der Waals surface area contributed by atoms with E-state index in [4.69, 9.17) is 19.5 Å². The van der Waals surface area contributed by atoms with Gasteiger partial charge in [0.05, 0.1) is 19.5 Å². The Kier molecular flexibility index (Phi) is 22.1. The van der Waals surface area contributed by atoms with E-state index < -0.39 is 84.6 Å². The van der Waals surface area contributed by atoms with Crippen LogP contribution in [0.3, 0.4) is 0 Å². The number of nitrogen functional groups attached to an aromatic ring is 1. The zero-order valence-corrected chi connectivity index (χ0v) is 41.3. The van der Waals surface area contributed by atoms with E-state index in [2.05, 4.69) is 53.5 Å². The number of aliphatic hydroxyl groups excluding tert-OH is 2. The van der Waals surface area contributed by atoms with E-state index >= 15 is 0 Å². The molecule has 2 aromatic rings. The lowest BCUT2D eigenvalue weighted by Crippen LogP contribution is -2.46. The summed E-state index contributed by atoms with van der Waals surface area (Å²) in [6, 6.07) is 0. The number of ketones is 1. The second-order valence-electron chi connectivity index (χ2n) is 16.8. The molecule has 3 heterocycles. The summed E-state index contributed by atoms with van der Waals surface area (Å²) in [5, 5.41) is 26.4. The number of Topliss-reactive ketones (excluding diaryl/α,β-unsaturated/α-hetero) is 1. The van der Waals surface area contributed by atoms with Gasteiger partial charge in [-0.1, -0.05) is 63.6 Å². The fourth-order valence-corrected chi connectivity index (χ4v) is 10.8. The quantitative estimate of drug-likeness (QED) is 0.0244. The Morgan fingerprint density at radius 1 is 1.03 bits per heavy atom. The molecule has 29 heteroatoms. The first-order valence-corrected chi connectivity index (χ1v) is 27.3. The van der Waals surface area contributed by atoms with Gasteiger partial charge in [0.25, 0.3) is 0 Å². The van der Waals surface area contributed by atoms with Gasteiger partial charge >= 0.3 is 23.5 Å². The number of aliphatic hydroxyl groups is 2. The summed E-state index contributed by atoms with van der Waals surface area (Å²) in [5.74, 6) is -0.180. The molecule has 0 aromatic carbocycles. The lowest BCUT2D eigenvalue weighted by molar-refractivity contribution is -0.137. The van der Waals surface area contributed by atoms with Crippen LogP contribution in [-0.2, 0) is 55.5 Å². The third kappa shape index (κ3) is 18.1. The molecule has 2 unspecified atom stereocenters. The molecule has 0 radical (unpaired) electrons. The molecule has 10 N–H and O–H groups in total. The van der Waals surface area contributed by atoms with Gasteiger partial charge in [-0.3, -0.25) is 37.3 Å². The van der Waals surface area contributed by atoms with Crippen molar-refractivity contribution >= 4 is 74.9 Å². The molecule has 1 aliphatic heterocycles. The Hall–Kier alpha value is -3.29. The van der Waals surface area contributed by atoms with E-state index in [0.717, 1.165) is 80.4 Å². The van der Waals surface area contributed by atoms with E-state index in [1.807, 2.05) is 6.08 Å². The molecule has 382 valence electrons. The second-order valence-corrected chi connectivity index (χ2v) is 22.1. The minimum absolute atomic E-state index is 0.0276. The highest BCUT2D eigenvalue weighted by atomic mass is 32.2. The summed E-state index contributed by atoms with van der Waals surface area (Å²) in [5.41, 5.74) is 4.26. The SMILES string of the molecule is CC/C=C\C[C@@H]1C(=O)CC[C@@H]1CCCCC/C=C/C(=O)SCCNC(=O)CCNC(=O)[C@H](O)C(C)(C)COP(=O)(O)OP(=O)(O)OC[C@H]1O[C@@H](n2cnc3c(N)ncnc32)[C@H](O)[C@@H]1OP(=O)(O)O. The lowest BCUT2D eigenvalue weighted by atomic mass is 9.87. The third-order valence-electron chi connectivity index (χ3n) is 11.0. The van der Waals surface area contributed by atoms with Crippen molar-refractivity contribution < 1.29 is 85.3 Å². The number of ether oxygens (including phenoxy) is 1. The molecule has 9 atom stereocenters. The molecule has 1 saturated heterocycles. The van der Waals surface area contributed by atoms with Crippen LogP contribution in [0, 0.1) is 17.3 Å². The third-order valence-corrected chi connectivity index (χ3v) is 14.9. The smallest absolute Gasteiger partial charge is 0.386 e. The molecule has 1 aliphatic carbocycles. The van der Waals surface area contributed by atoms with Crippen LogP contribution < -0.4 is 16.4 Å². The number of anilines is 1. The normalized spacial score (nSPS) is 23.6. The number of imidazole rings is 1. The van der Waals surface area contributed by atoms with Crippen molar-refractivity contribution in [3.05, 3.63) is 37.0 Å². The van der Waals surface area contributed by atoms with Gasteiger partial charge in [-0.05, 0) is 50.5 Å². The van der Waals surface area contributed by atoms with Crippen molar-refractivity contribution in [2.75, 3.05) is 37.8 Å². The lowest BCUT2D eigenvalue weighted by Gasteiger charge is -2.30. The predicted octanol–water partition coefficient (Wildman–Crippen LogP) is 3.12. The molecule has 4 rings (SSSR count). The average molecular weight is 1040 g/mol. The standard InChI is InChI=1S/C39H62N7O18P3S/c1-4-5-9-13-26-25(15-16-27(26)47)12-10-7-6-8-11-14-30(49)68-20-19-41-29(48)17-18-42-37(52)34(51)39(2,3)22-61-67(58,59)64-66(56,57)60-21-28-33(63-65(53,54)55)32(50)38(62-28)46-24-45-31-35(40)43-23-44-36(31)46/h5,9,11,14,23-26,28,32-34,38,50-51H,4,6-8,10,12-13,15-22H2,1-3H3,(H,41,48)(H,42,52)(H,56,57)(H,58,59)(H2,40,43,44)(H2,53,54,55)/b9-5-,14-11+/t25-,26-,28+,32+,33+,34-,38+/m0/s1. The Bertz CT molecular complexity index is 2240. The van der Waals surface area contributed by atoms with Crippen LogP contribution in [0.5, 0.6) is 0 Å². The van der Waals surface area contributed by atoms with Crippen molar-refractivity contribution in [2.45, 2.75) is 116 Å². The number of carbonyl (C=O) groups is 4. The van der Waals surface area contributed by atoms with Crippen LogP contribution in [-0.4, -0.2) is 128 Å². The number of nitrogens with two attached hydrogens (primary N) is 1. The zero-order chi connectivity index (χ0) is 50.3. The second kappa shape index (κ2) is 26.2. The molecule has 2 fully saturated rings. The molecule has 1 saturated carbocycles. The first-order valence-electron chi connectivity index (χ1n) is 21.8. The first-order chi connectivity index (χ1) is 31.9. The number of aromatic nitrogens is 4. The minimum Gasteiger partial charge on any atom is -0.386 e. The fourth-order valence-electron chi connectivity index (χ4n) is 7.41. The molecule has 2 amide bonds. The molecule has 2 aromatic heterocycles. The largest absolute Gasteiger partial charge is 0.481 e. The number of carbonyl (C=O) groups excluding carboxylic acids is 4. The summed E-state index contributed by atoms with van der Waals surface area (Å²) >= 11 is 1.04. The van der Waals surface area contributed by atoms with Crippen LogP contribution in [0.1, 0.15) is 91.2 Å². The Morgan fingerprint density at radius 3 is 2.49 bits per heavy atom. The van der Waals surface area contributed by atoms with Crippen molar-refractivity contribution in [1.82, 2.24) is 30.2 Å². The van der Waals surface area contributed by atoms with Crippen LogP contribution in [0.4, 0.5) is 5.82 Å². The Morgan fingerprint density at radius 2 is 1.76 bits per heavy atom. The van der Waals surface area contributed by atoms with Crippen LogP contribution in [0.2, 0.25) is 0 Å². The van der Waals surface area contributed by atoms with Crippen LogP contribution >= 0.6 is 35.2 Å². The monoisotopic (exact) mass is 1040 g/mol. The maximum atomic E-state index is 12.7. The van der Waals surface area contributed by atoms with Crippen molar-refractivity contribution in [3.63, 3.8) is 0 Å². The Labute approximate surface area is 396 Å². The summed E-state index contributed by atoms with van der Waals surface area (Å²) < 4.78 is 62.4. The number of hydrogen-bond acceptors (Lipinski definition) is 19. The first kappa shape index (κ1) is 57.3. The maximum absolute atomic E-state index is 12.7. The number of rotatable bonds is 29. The number of hydrogen-bond donors (Lipinski definition) is 9. The fraction of sp³-hybridized carbons (Fsp3) is 0.667. The molecular weight excluding hydrogens is 979 g/mol. The van der Waals surface area contributed by atoms with Gasteiger partial charge in [0.1, 0.15) is 42.0 Å². The summed E-state index contributed by atoms with van der Waals surface area (Å²) in [7, 11) is -16.4. The van der Waals surface area contributed by atoms with Crippen molar-refractivity contribution in [3.8, 4) is 0 Å². The molecular formula is C39H62N7O18P3S. The molecule has 0 spiro atoms. The highest BCUT2D eigenvalue weighted by Crippen LogP contribution is 2.61. The predicted molar refractivity (Wildman–Crippen MR) is 245 cm³/mol. The molecule has 2 aliphatic rings.